The highest BCUT2D eigenvalue weighted by molar-refractivity contribution is 5.86. The molecule has 1 fully saturated rings. The van der Waals surface area contributed by atoms with Crippen LogP contribution in [0.5, 0.6) is 0 Å². The molecule has 2 heteroatoms. The Balaban J connectivity index is 2.14. The van der Waals surface area contributed by atoms with Crippen LogP contribution in [0.3, 0.4) is 0 Å². The minimum atomic E-state index is 0.0821. The number of hydrogen-bond acceptors (Lipinski definition) is 2. The first-order chi connectivity index (χ1) is 9.86. The van der Waals surface area contributed by atoms with E-state index in [9.17, 15) is 0 Å². The van der Waals surface area contributed by atoms with Crippen LogP contribution in [0.2, 0.25) is 0 Å². The van der Waals surface area contributed by atoms with Crippen molar-refractivity contribution in [1.29, 1.82) is 0 Å². The van der Waals surface area contributed by atoms with Crippen molar-refractivity contribution in [2.24, 2.45) is 0 Å². The first-order valence-electron chi connectivity index (χ1n) is 8.00. The molecule has 0 saturated heterocycles. The Hall–Kier alpha value is -1.41. The smallest absolute Gasteiger partial charge is 0.0740 e. The van der Waals surface area contributed by atoms with Crippen LogP contribution in [0.25, 0.3) is 10.9 Å². The van der Waals surface area contributed by atoms with Gasteiger partial charge in [-0.1, -0.05) is 32.9 Å². The molecule has 1 saturated carbocycles. The van der Waals surface area contributed by atoms with E-state index in [1.807, 2.05) is 0 Å². The third kappa shape index (κ3) is 2.96. The highest BCUT2D eigenvalue weighted by Crippen LogP contribution is 2.29. The van der Waals surface area contributed by atoms with Crippen LogP contribution in [0.1, 0.15) is 56.0 Å². The maximum atomic E-state index is 4.98. The van der Waals surface area contributed by atoms with Crippen molar-refractivity contribution < 1.29 is 0 Å². The Kier molecular flexibility index (Phi) is 3.53. The van der Waals surface area contributed by atoms with E-state index in [2.05, 4.69) is 58.1 Å². The highest BCUT2D eigenvalue weighted by Gasteiger charge is 2.22. The fourth-order valence-electron chi connectivity index (χ4n) is 2.67. The van der Waals surface area contributed by atoms with E-state index in [4.69, 9.17) is 4.98 Å². The maximum Gasteiger partial charge on any atom is 0.0740 e. The molecule has 2 nitrogen and oxygen atoms in total. The van der Waals surface area contributed by atoms with E-state index in [-0.39, 0.29) is 5.41 Å². The molecule has 0 atom stereocenters. The van der Waals surface area contributed by atoms with E-state index >= 15 is 0 Å². The molecule has 112 valence electrons. The average molecular weight is 282 g/mol. The Labute approximate surface area is 128 Å². The lowest BCUT2D eigenvalue weighted by atomic mass is 9.89. The monoisotopic (exact) mass is 282 g/mol. The van der Waals surface area contributed by atoms with Gasteiger partial charge in [0.1, 0.15) is 0 Å². The molecule has 0 aliphatic heterocycles. The number of nitrogens with one attached hydrogen (secondary N) is 1. The lowest BCUT2D eigenvalue weighted by molar-refractivity contribution is 0.569. The Morgan fingerprint density at radius 2 is 1.90 bits per heavy atom. The summed E-state index contributed by atoms with van der Waals surface area (Å²) < 4.78 is 0. The number of hydrogen-bond donors (Lipinski definition) is 1. The molecular formula is C19H26N2. The van der Waals surface area contributed by atoms with E-state index in [0.717, 1.165) is 12.6 Å². The molecule has 1 aliphatic rings. The molecule has 1 aromatic carbocycles. The van der Waals surface area contributed by atoms with Crippen LogP contribution in [-0.2, 0) is 12.0 Å². The average Bonchev–Trinajstić information content (AvgIpc) is 3.23. The Bertz CT molecular complexity index is 676. The molecule has 0 unspecified atom stereocenters. The van der Waals surface area contributed by atoms with Crippen molar-refractivity contribution in [2.75, 3.05) is 0 Å². The molecule has 1 aromatic heterocycles. The van der Waals surface area contributed by atoms with Gasteiger partial charge in [-0.2, -0.15) is 0 Å². The third-order valence-corrected chi connectivity index (χ3v) is 4.52. The van der Waals surface area contributed by atoms with Gasteiger partial charge >= 0.3 is 0 Å². The van der Waals surface area contributed by atoms with Crippen LogP contribution in [0.4, 0.5) is 0 Å². The second kappa shape index (κ2) is 5.10. The molecule has 1 N–H and O–H groups in total. The van der Waals surface area contributed by atoms with Gasteiger partial charge in [0.2, 0.25) is 0 Å². The highest BCUT2D eigenvalue weighted by atomic mass is 14.9. The van der Waals surface area contributed by atoms with Crippen molar-refractivity contribution in [1.82, 2.24) is 10.3 Å². The fraction of sp³-hybridized carbons (Fsp3) is 0.526. The summed E-state index contributed by atoms with van der Waals surface area (Å²) in [6.45, 7) is 12.0. The van der Waals surface area contributed by atoms with Gasteiger partial charge < -0.3 is 5.32 Å². The number of nitrogens with zero attached hydrogens (tertiary/aromatic N) is 1. The van der Waals surface area contributed by atoms with Gasteiger partial charge in [-0.05, 0) is 49.4 Å². The van der Waals surface area contributed by atoms with Crippen molar-refractivity contribution in [3.63, 3.8) is 0 Å². The number of pyridine rings is 1. The zero-order chi connectivity index (χ0) is 15.2. The maximum absolute atomic E-state index is 4.98. The molecular weight excluding hydrogens is 256 g/mol. The van der Waals surface area contributed by atoms with E-state index in [1.54, 1.807) is 0 Å². The number of aromatic nitrogens is 1. The summed E-state index contributed by atoms with van der Waals surface area (Å²) in [6.07, 6.45) is 2.65. The second-order valence-electron chi connectivity index (χ2n) is 7.48. The van der Waals surface area contributed by atoms with E-state index < -0.39 is 0 Å². The van der Waals surface area contributed by atoms with Crippen LogP contribution in [0.15, 0.2) is 18.2 Å². The zero-order valence-electron chi connectivity index (χ0n) is 13.9. The van der Waals surface area contributed by atoms with Gasteiger partial charge in [-0.3, -0.25) is 4.98 Å². The molecule has 3 rings (SSSR count). The summed E-state index contributed by atoms with van der Waals surface area (Å²) >= 11 is 0. The summed E-state index contributed by atoms with van der Waals surface area (Å²) in [4.78, 5) is 4.98. The first-order valence-corrected chi connectivity index (χ1v) is 8.00. The largest absolute Gasteiger partial charge is 0.310 e. The van der Waals surface area contributed by atoms with Crippen LogP contribution in [-0.4, -0.2) is 11.0 Å². The predicted molar refractivity (Wildman–Crippen MR) is 89.8 cm³/mol. The van der Waals surface area contributed by atoms with Crippen LogP contribution >= 0.6 is 0 Å². The lowest BCUT2D eigenvalue weighted by Crippen LogP contribution is -2.19. The van der Waals surface area contributed by atoms with Gasteiger partial charge in [-0.15, -0.1) is 0 Å². The van der Waals surface area contributed by atoms with Crippen LogP contribution < -0.4 is 5.32 Å². The van der Waals surface area contributed by atoms with E-state index in [1.165, 1.54) is 46.1 Å². The van der Waals surface area contributed by atoms with Crippen LogP contribution in [0, 0.1) is 13.8 Å². The summed E-state index contributed by atoms with van der Waals surface area (Å²) in [5, 5.41) is 4.95. The summed E-state index contributed by atoms with van der Waals surface area (Å²) in [6, 6.07) is 7.49. The normalized spacial score (nSPS) is 15.7. The molecule has 2 aromatic rings. The quantitative estimate of drug-likeness (QED) is 0.902. The van der Waals surface area contributed by atoms with Gasteiger partial charge in [0, 0.05) is 29.1 Å². The van der Waals surface area contributed by atoms with Gasteiger partial charge in [0.15, 0.2) is 0 Å². The lowest BCUT2D eigenvalue weighted by Gasteiger charge is -2.21. The molecule has 0 amide bonds. The minimum absolute atomic E-state index is 0.0821. The summed E-state index contributed by atoms with van der Waals surface area (Å²) in [5.41, 5.74) is 6.47. The number of rotatable bonds is 3. The fourth-order valence-corrected chi connectivity index (χ4v) is 2.67. The molecule has 21 heavy (non-hydrogen) atoms. The molecule has 1 heterocycles. The molecule has 1 aliphatic carbocycles. The predicted octanol–water partition coefficient (Wildman–Crippen LogP) is 4.40. The first kappa shape index (κ1) is 14.5. The van der Waals surface area contributed by atoms with Gasteiger partial charge in [0.05, 0.1) is 5.52 Å². The SMILES string of the molecule is Cc1ccc2c(CNC3CC3)cc(C(C)(C)C)nc2c1C. The molecule has 0 spiro atoms. The molecule has 0 bridgehead atoms. The van der Waals surface area contributed by atoms with E-state index in [0.29, 0.717) is 0 Å². The Morgan fingerprint density at radius 3 is 2.52 bits per heavy atom. The van der Waals surface area contributed by atoms with Crippen molar-refractivity contribution in [3.8, 4) is 0 Å². The topological polar surface area (TPSA) is 24.9 Å². The second-order valence-corrected chi connectivity index (χ2v) is 7.48. The Morgan fingerprint density at radius 1 is 1.19 bits per heavy atom. The van der Waals surface area contributed by atoms with Gasteiger partial charge in [0.25, 0.3) is 0 Å². The van der Waals surface area contributed by atoms with Crippen molar-refractivity contribution in [3.05, 3.63) is 40.6 Å². The zero-order valence-corrected chi connectivity index (χ0v) is 13.9. The standard InChI is InChI=1S/C19H26N2/c1-12-6-9-16-14(11-20-15-7-8-15)10-17(19(3,4)5)21-18(16)13(12)2/h6,9-10,15,20H,7-8,11H2,1-5H3. The summed E-state index contributed by atoms with van der Waals surface area (Å²) in [5.74, 6) is 0. The minimum Gasteiger partial charge on any atom is -0.310 e. The number of aryl methyl sites for hydroxylation is 2. The number of benzene rings is 1. The van der Waals surface area contributed by atoms with Crippen molar-refractivity contribution in [2.45, 2.75) is 65.5 Å². The third-order valence-electron chi connectivity index (χ3n) is 4.52. The van der Waals surface area contributed by atoms with Crippen molar-refractivity contribution >= 4 is 10.9 Å². The van der Waals surface area contributed by atoms with Gasteiger partial charge in [-0.25, -0.2) is 0 Å². The molecule has 0 radical (unpaired) electrons. The number of fused-ring (bicyclic) bond motifs is 1. The summed E-state index contributed by atoms with van der Waals surface area (Å²) in [7, 11) is 0.